The Bertz CT molecular complexity index is 793. The van der Waals surface area contributed by atoms with E-state index in [1.807, 2.05) is 18.2 Å². The van der Waals surface area contributed by atoms with E-state index in [2.05, 4.69) is 10.1 Å². The van der Waals surface area contributed by atoms with Crippen molar-refractivity contribution >= 4 is 53.2 Å². The Labute approximate surface area is 128 Å². The van der Waals surface area contributed by atoms with E-state index < -0.39 is 0 Å². The Balaban J connectivity index is 2.11. The lowest BCUT2D eigenvalue weighted by Crippen LogP contribution is -2.27. The van der Waals surface area contributed by atoms with E-state index in [1.54, 1.807) is 16.9 Å². The van der Waals surface area contributed by atoms with E-state index in [4.69, 9.17) is 31.4 Å². The number of hydrogen-bond donors (Lipinski definition) is 0. The molecule has 3 nitrogen and oxygen atoms in total. The van der Waals surface area contributed by atoms with Gasteiger partial charge in [-0.25, -0.2) is 4.68 Å². The zero-order chi connectivity index (χ0) is 15.0. The van der Waals surface area contributed by atoms with Gasteiger partial charge in [-0.2, -0.15) is 5.10 Å². The van der Waals surface area contributed by atoms with Crippen molar-refractivity contribution in [1.29, 1.82) is 0 Å². The number of benzene rings is 1. The van der Waals surface area contributed by atoms with Gasteiger partial charge in [0, 0.05) is 18.6 Å². The first-order valence-corrected chi connectivity index (χ1v) is 6.27. The van der Waals surface area contributed by atoms with Gasteiger partial charge in [0.25, 0.3) is 0 Å². The monoisotopic (exact) mass is 261 g/mol. The van der Waals surface area contributed by atoms with E-state index in [-0.39, 0.29) is 0 Å². The van der Waals surface area contributed by atoms with Crippen LogP contribution in [0.15, 0.2) is 42.9 Å². The van der Waals surface area contributed by atoms with E-state index in [0.717, 1.165) is 5.56 Å². The second kappa shape index (κ2) is 5.32. The van der Waals surface area contributed by atoms with Gasteiger partial charge in [0.1, 0.15) is 31.4 Å². The largest absolute Gasteiger partial charge is 0.266 e. The van der Waals surface area contributed by atoms with Crippen LogP contribution in [0.2, 0.25) is 0 Å². The Kier molecular flexibility index (Phi) is 3.50. The van der Waals surface area contributed by atoms with Gasteiger partial charge in [0.05, 0.1) is 11.4 Å². The van der Waals surface area contributed by atoms with Crippen LogP contribution in [0.1, 0.15) is 0 Å². The lowest BCUT2D eigenvalue weighted by atomic mass is 9.77. The molecule has 0 atom stereocenters. The summed E-state index contributed by atoms with van der Waals surface area (Å²) in [5.74, 6) is 0. The highest BCUT2D eigenvalue weighted by molar-refractivity contribution is 6.50. The molecule has 0 aliphatic heterocycles. The predicted molar refractivity (Wildman–Crippen MR) is 88.3 cm³/mol. The topological polar surface area (TPSA) is 30.7 Å². The normalized spacial score (nSPS) is 10.7. The van der Waals surface area contributed by atoms with Crippen molar-refractivity contribution in [1.82, 2.24) is 14.8 Å². The molecule has 0 aliphatic carbocycles. The van der Waals surface area contributed by atoms with E-state index in [0.29, 0.717) is 33.2 Å². The number of aromatic nitrogens is 3. The first-order chi connectivity index (χ1) is 10.1. The highest BCUT2D eigenvalue weighted by Crippen LogP contribution is 2.14. The smallest absolute Gasteiger partial charge is 0.118 e. The summed E-state index contributed by atoms with van der Waals surface area (Å²) in [6, 6.07) is 7.26. The predicted octanol–water partition coefficient (Wildman–Crippen LogP) is -1.89. The fraction of sp³-hybridized carbons (Fsp3) is 0. The van der Waals surface area contributed by atoms with Crippen LogP contribution in [-0.4, -0.2) is 46.1 Å². The maximum absolute atomic E-state index is 5.99. The van der Waals surface area contributed by atoms with Gasteiger partial charge in [-0.05, 0) is 11.6 Å². The molecule has 3 aromatic rings. The number of hydrogen-bond acceptors (Lipinski definition) is 2. The zero-order valence-corrected chi connectivity index (χ0v) is 11.2. The first kappa shape index (κ1) is 13.8. The molecule has 0 spiro atoms. The van der Waals surface area contributed by atoms with Crippen LogP contribution in [0, 0.1) is 0 Å². The molecule has 21 heavy (non-hydrogen) atoms. The minimum atomic E-state index is 0.449. The molecular formula is C14H7B4N3. The summed E-state index contributed by atoms with van der Waals surface area (Å²) in [6.07, 6.45) is 4.82. The van der Waals surface area contributed by atoms with Gasteiger partial charge < -0.3 is 0 Å². The van der Waals surface area contributed by atoms with Gasteiger partial charge in [0.15, 0.2) is 0 Å². The SMILES string of the molecule is [B]c1cccc(-c2ccn(-c3c([B])cncc3[B])n2)c1[B]. The Morgan fingerprint density at radius 1 is 0.857 bits per heavy atom. The molecule has 8 radical (unpaired) electrons. The average Bonchev–Trinajstić information content (AvgIpc) is 2.91. The zero-order valence-electron chi connectivity index (χ0n) is 11.2. The fourth-order valence-corrected chi connectivity index (χ4v) is 2.15. The minimum absolute atomic E-state index is 0.449. The van der Waals surface area contributed by atoms with Crippen molar-refractivity contribution in [2.75, 3.05) is 0 Å². The number of pyridine rings is 1. The molecule has 0 fully saturated rings. The van der Waals surface area contributed by atoms with Crippen molar-refractivity contribution in [2.24, 2.45) is 0 Å². The molecule has 0 bridgehead atoms. The molecule has 0 unspecified atom stereocenters. The summed E-state index contributed by atoms with van der Waals surface area (Å²) >= 11 is 0. The van der Waals surface area contributed by atoms with Crippen molar-refractivity contribution in [3.8, 4) is 16.9 Å². The lowest BCUT2D eigenvalue weighted by molar-refractivity contribution is 0.893. The summed E-state index contributed by atoms with van der Waals surface area (Å²) in [5, 5.41) is 4.47. The molecule has 2 heterocycles. The Morgan fingerprint density at radius 2 is 1.57 bits per heavy atom. The molecule has 2 aromatic heterocycles. The second-order valence-electron chi connectivity index (χ2n) is 4.62. The lowest BCUT2D eigenvalue weighted by Gasteiger charge is -2.10. The minimum Gasteiger partial charge on any atom is -0.266 e. The highest BCUT2D eigenvalue weighted by Gasteiger charge is 2.09. The van der Waals surface area contributed by atoms with E-state index in [1.165, 1.54) is 12.4 Å². The number of rotatable bonds is 2. The average molecular weight is 260 g/mol. The molecule has 3 rings (SSSR count). The molecule has 0 saturated carbocycles. The van der Waals surface area contributed by atoms with Crippen molar-refractivity contribution in [3.05, 3.63) is 42.9 Å². The van der Waals surface area contributed by atoms with Crippen LogP contribution in [0.25, 0.3) is 16.9 Å². The van der Waals surface area contributed by atoms with Gasteiger partial charge >= 0.3 is 0 Å². The van der Waals surface area contributed by atoms with Gasteiger partial charge in [-0.3, -0.25) is 4.98 Å². The third-order valence-corrected chi connectivity index (χ3v) is 3.21. The summed E-state index contributed by atoms with van der Waals surface area (Å²) in [5.41, 5.74) is 3.97. The molecule has 0 amide bonds. The van der Waals surface area contributed by atoms with Gasteiger partial charge in [0.2, 0.25) is 0 Å². The van der Waals surface area contributed by atoms with Crippen LogP contribution < -0.4 is 21.9 Å². The Morgan fingerprint density at radius 3 is 2.29 bits per heavy atom. The van der Waals surface area contributed by atoms with Crippen LogP contribution in [0.4, 0.5) is 0 Å². The third-order valence-electron chi connectivity index (χ3n) is 3.21. The van der Waals surface area contributed by atoms with Crippen LogP contribution in [-0.2, 0) is 0 Å². The van der Waals surface area contributed by atoms with Crippen molar-refractivity contribution in [2.45, 2.75) is 0 Å². The molecule has 0 N–H and O–H groups in total. The maximum Gasteiger partial charge on any atom is 0.118 e. The molecule has 0 aliphatic rings. The highest BCUT2D eigenvalue weighted by atomic mass is 15.3. The standard InChI is InChI=1S/C14H7B4N3/c15-9-3-1-2-8(13(9)18)12-4-5-21(20-12)14-10(16)6-19-7-11(14)17/h1-7H. The molecule has 7 heteroatoms. The summed E-state index contributed by atoms with van der Waals surface area (Å²) in [7, 11) is 23.6. The second-order valence-corrected chi connectivity index (χ2v) is 4.62. The van der Waals surface area contributed by atoms with Crippen LogP contribution in [0.3, 0.4) is 0 Å². The maximum atomic E-state index is 5.99. The van der Waals surface area contributed by atoms with E-state index in [9.17, 15) is 0 Å². The van der Waals surface area contributed by atoms with Crippen molar-refractivity contribution in [3.63, 3.8) is 0 Å². The Hall–Kier alpha value is -2.16. The molecule has 0 saturated heterocycles. The molecule has 90 valence electrons. The third kappa shape index (κ3) is 2.44. The first-order valence-electron chi connectivity index (χ1n) is 6.27. The van der Waals surface area contributed by atoms with Gasteiger partial charge in [-0.1, -0.05) is 34.6 Å². The summed E-state index contributed by atoms with van der Waals surface area (Å²) in [6.45, 7) is 0. The van der Waals surface area contributed by atoms with E-state index >= 15 is 0 Å². The fourth-order valence-electron chi connectivity index (χ4n) is 2.15. The number of nitrogens with zero attached hydrogens (tertiary/aromatic N) is 3. The molecule has 1 aromatic carbocycles. The summed E-state index contributed by atoms with van der Waals surface area (Å²) < 4.78 is 1.60. The van der Waals surface area contributed by atoms with Gasteiger partial charge in [-0.15, -0.1) is 5.46 Å². The molecular weight excluding hydrogens is 253 g/mol. The van der Waals surface area contributed by atoms with Crippen LogP contribution >= 0.6 is 0 Å². The quantitative estimate of drug-likeness (QED) is 0.505. The van der Waals surface area contributed by atoms with Crippen molar-refractivity contribution < 1.29 is 0 Å². The summed E-state index contributed by atoms with van der Waals surface area (Å²) in [4.78, 5) is 3.93. The van der Waals surface area contributed by atoms with Crippen LogP contribution in [0.5, 0.6) is 0 Å².